The van der Waals surface area contributed by atoms with Gasteiger partial charge in [-0.3, -0.25) is 4.79 Å². The van der Waals surface area contributed by atoms with E-state index in [9.17, 15) is 4.79 Å². The van der Waals surface area contributed by atoms with E-state index in [4.69, 9.17) is 0 Å². The molecule has 152 valence electrons. The van der Waals surface area contributed by atoms with Gasteiger partial charge in [-0.25, -0.2) is 0 Å². The summed E-state index contributed by atoms with van der Waals surface area (Å²) < 4.78 is 0. The number of hydrogen-bond acceptors (Lipinski definition) is 2. The monoisotopic (exact) mass is 364 g/mol. The molecule has 0 atom stereocenters. The highest BCUT2D eigenvalue weighted by Crippen LogP contribution is 2.25. The fourth-order valence-corrected chi connectivity index (χ4v) is 2.53. The first kappa shape index (κ1) is 24.9. The summed E-state index contributed by atoms with van der Waals surface area (Å²) in [6.07, 6.45) is 8.70. The van der Waals surface area contributed by atoms with E-state index in [0.29, 0.717) is 5.92 Å². The predicted molar refractivity (Wildman–Crippen MR) is 115 cm³/mol. The molecule has 0 aromatic carbocycles. The third-order valence-corrected chi connectivity index (χ3v) is 4.80. The maximum Gasteiger partial charge on any atom is 0.249 e. The number of allylic oxidation sites excluding steroid dienone is 3. The Morgan fingerprint density at radius 2 is 1.46 bits per heavy atom. The SMILES string of the molecule is CC(C)C1=CC=C(C(=O)N2CCN(C)CC2)CC1.CCC.CCC(C)C. The van der Waals surface area contributed by atoms with Gasteiger partial charge < -0.3 is 9.80 Å². The van der Waals surface area contributed by atoms with Crippen molar-refractivity contribution < 1.29 is 4.79 Å². The second kappa shape index (κ2) is 14.0. The topological polar surface area (TPSA) is 23.6 Å². The van der Waals surface area contributed by atoms with E-state index in [2.05, 4.69) is 66.5 Å². The number of carbonyl (C=O) groups is 1. The van der Waals surface area contributed by atoms with Gasteiger partial charge in [0, 0.05) is 31.8 Å². The smallest absolute Gasteiger partial charge is 0.249 e. The van der Waals surface area contributed by atoms with Crippen LogP contribution in [0.15, 0.2) is 23.3 Å². The molecule has 0 unspecified atom stereocenters. The molecule has 0 aromatic rings. The van der Waals surface area contributed by atoms with Crippen molar-refractivity contribution in [3.63, 3.8) is 0 Å². The second-order valence-corrected chi connectivity index (χ2v) is 8.19. The van der Waals surface area contributed by atoms with Crippen LogP contribution in [0.4, 0.5) is 0 Å². The van der Waals surface area contributed by atoms with Crippen molar-refractivity contribution in [2.24, 2.45) is 11.8 Å². The lowest BCUT2D eigenvalue weighted by Gasteiger charge is -2.33. The van der Waals surface area contributed by atoms with Crippen LogP contribution in [0, 0.1) is 11.8 Å². The van der Waals surface area contributed by atoms with E-state index >= 15 is 0 Å². The van der Waals surface area contributed by atoms with Crippen LogP contribution >= 0.6 is 0 Å². The van der Waals surface area contributed by atoms with Gasteiger partial charge in [0.25, 0.3) is 0 Å². The Bertz CT molecular complexity index is 441. The number of rotatable bonds is 3. The van der Waals surface area contributed by atoms with Crippen LogP contribution in [0.3, 0.4) is 0 Å². The van der Waals surface area contributed by atoms with Crippen LogP contribution in [0.25, 0.3) is 0 Å². The molecule has 3 nitrogen and oxygen atoms in total. The third-order valence-electron chi connectivity index (χ3n) is 4.80. The Balaban J connectivity index is 0.000000663. The number of amides is 1. The largest absolute Gasteiger partial charge is 0.336 e. The van der Waals surface area contributed by atoms with Crippen LogP contribution in [-0.4, -0.2) is 48.9 Å². The van der Waals surface area contributed by atoms with Gasteiger partial charge in [0.05, 0.1) is 0 Å². The Kier molecular flexibility index (Phi) is 13.4. The van der Waals surface area contributed by atoms with E-state index in [1.807, 2.05) is 11.0 Å². The lowest BCUT2D eigenvalue weighted by molar-refractivity contribution is -0.128. The highest BCUT2D eigenvalue weighted by Gasteiger charge is 2.23. The van der Waals surface area contributed by atoms with E-state index in [1.54, 1.807) is 0 Å². The normalized spacial score (nSPS) is 17.7. The molecule has 0 N–H and O–H groups in total. The van der Waals surface area contributed by atoms with Crippen molar-refractivity contribution in [3.05, 3.63) is 23.3 Å². The summed E-state index contributed by atoms with van der Waals surface area (Å²) in [7, 11) is 2.11. The summed E-state index contributed by atoms with van der Waals surface area (Å²) in [6, 6.07) is 0. The van der Waals surface area contributed by atoms with Crippen molar-refractivity contribution >= 4 is 5.91 Å². The molecule has 26 heavy (non-hydrogen) atoms. The Morgan fingerprint density at radius 3 is 1.81 bits per heavy atom. The van der Waals surface area contributed by atoms with E-state index < -0.39 is 0 Å². The zero-order chi connectivity index (χ0) is 20.1. The minimum absolute atomic E-state index is 0.252. The highest BCUT2D eigenvalue weighted by atomic mass is 16.2. The summed E-state index contributed by atoms with van der Waals surface area (Å²) in [5, 5.41) is 0. The molecule has 2 rings (SSSR count). The lowest BCUT2D eigenvalue weighted by Crippen LogP contribution is -2.47. The molecule has 2 aliphatic rings. The zero-order valence-corrected chi connectivity index (χ0v) is 18.8. The van der Waals surface area contributed by atoms with Crippen LogP contribution in [-0.2, 0) is 4.79 Å². The molecule has 0 bridgehead atoms. The van der Waals surface area contributed by atoms with Gasteiger partial charge in [0.1, 0.15) is 0 Å². The minimum Gasteiger partial charge on any atom is -0.336 e. The van der Waals surface area contributed by atoms with Crippen molar-refractivity contribution in [1.82, 2.24) is 9.80 Å². The van der Waals surface area contributed by atoms with E-state index in [-0.39, 0.29) is 5.91 Å². The number of nitrogens with zero attached hydrogens (tertiary/aromatic N) is 2. The first-order chi connectivity index (χ1) is 12.3. The lowest BCUT2D eigenvalue weighted by atomic mass is 9.91. The van der Waals surface area contributed by atoms with Crippen LogP contribution < -0.4 is 0 Å². The van der Waals surface area contributed by atoms with E-state index in [1.165, 1.54) is 18.4 Å². The zero-order valence-electron chi connectivity index (χ0n) is 18.8. The highest BCUT2D eigenvalue weighted by molar-refractivity contribution is 5.94. The van der Waals surface area contributed by atoms with Crippen molar-refractivity contribution in [1.29, 1.82) is 0 Å². The number of hydrogen-bond donors (Lipinski definition) is 0. The summed E-state index contributed by atoms with van der Waals surface area (Å²) >= 11 is 0. The quantitative estimate of drug-likeness (QED) is 0.657. The molecule has 1 heterocycles. The van der Waals surface area contributed by atoms with Crippen LogP contribution in [0.2, 0.25) is 0 Å². The van der Waals surface area contributed by atoms with Crippen molar-refractivity contribution in [2.75, 3.05) is 33.2 Å². The van der Waals surface area contributed by atoms with Gasteiger partial charge >= 0.3 is 0 Å². The van der Waals surface area contributed by atoms with Crippen molar-refractivity contribution in [3.8, 4) is 0 Å². The first-order valence-corrected chi connectivity index (χ1v) is 10.6. The molecule has 0 saturated carbocycles. The first-order valence-electron chi connectivity index (χ1n) is 10.6. The van der Waals surface area contributed by atoms with Gasteiger partial charge in [0.15, 0.2) is 0 Å². The Hall–Kier alpha value is -1.09. The second-order valence-electron chi connectivity index (χ2n) is 8.19. The fourth-order valence-electron chi connectivity index (χ4n) is 2.53. The molecule has 0 radical (unpaired) electrons. The van der Waals surface area contributed by atoms with Crippen LogP contribution in [0.1, 0.15) is 74.1 Å². The number of carbonyl (C=O) groups excluding carboxylic acids is 1. The van der Waals surface area contributed by atoms with Gasteiger partial charge in [0.2, 0.25) is 5.91 Å². The fraction of sp³-hybridized carbons (Fsp3) is 0.783. The predicted octanol–water partition coefficient (Wildman–Crippen LogP) is 5.53. The molecular weight excluding hydrogens is 320 g/mol. The summed E-state index contributed by atoms with van der Waals surface area (Å²) in [6.45, 7) is 19.0. The molecular formula is C23H44N2O. The standard InChI is InChI=1S/C15H24N2O.C5H12.C3H8/c1-12(2)13-4-6-14(7-5-13)15(18)17-10-8-16(3)9-11-17;1-4-5(2)3;1-3-2/h4,6,12H,5,7-11H2,1-3H3;5H,4H2,1-3H3;3H2,1-2H3. The van der Waals surface area contributed by atoms with Crippen molar-refractivity contribution in [2.45, 2.75) is 74.1 Å². The van der Waals surface area contributed by atoms with E-state index in [0.717, 1.165) is 50.5 Å². The molecule has 1 fully saturated rings. The maximum absolute atomic E-state index is 12.3. The molecule has 1 aliphatic carbocycles. The van der Waals surface area contributed by atoms with Gasteiger partial charge in [-0.05, 0) is 31.7 Å². The maximum atomic E-state index is 12.3. The Labute approximate surface area is 163 Å². The van der Waals surface area contributed by atoms with Crippen LogP contribution in [0.5, 0.6) is 0 Å². The molecule has 3 heteroatoms. The molecule has 1 saturated heterocycles. The molecule has 0 spiro atoms. The summed E-state index contributed by atoms with van der Waals surface area (Å²) in [4.78, 5) is 16.6. The summed E-state index contributed by atoms with van der Waals surface area (Å²) in [5.41, 5.74) is 2.45. The molecule has 1 amide bonds. The average Bonchev–Trinajstić information content (AvgIpc) is 2.63. The third kappa shape index (κ3) is 10.2. The van der Waals surface area contributed by atoms with Gasteiger partial charge in [-0.15, -0.1) is 0 Å². The summed E-state index contributed by atoms with van der Waals surface area (Å²) in [5.74, 6) is 1.73. The average molecular weight is 365 g/mol. The minimum atomic E-state index is 0.252. The molecule has 0 aromatic heterocycles. The number of piperazine rings is 1. The Morgan fingerprint density at radius 1 is 0.962 bits per heavy atom. The van der Waals surface area contributed by atoms with Gasteiger partial charge in [-0.1, -0.05) is 79.0 Å². The van der Waals surface area contributed by atoms with Gasteiger partial charge in [-0.2, -0.15) is 0 Å². The number of likely N-dealkylation sites (N-methyl/N-ethyl adjacent to an activating group) is 1. The molecule has 1 aliphatic heterocycles.